The van der Waals surface area contributed by atoms with Crippen LogP contribution in [0.1, 0.15) is 26.4 Å². The first kappa shape index (κ1) is 31.6. The summed E-state index contributed by atoms with van der Waals surface area (Å²) < 4.78 is 55.9. The summed E-state index contributed by atoms with van der Waals surface area (Å²) >= 11 is 1.51. The molecule has 6 aromatic rings. The molecule has 0 radical (unpaired) electrons. The molecule has 0 unspecified atom stereocenters. The number of fused-ring (bicyclic) bond motifs is 1. The summed E-state index contributed by atoms with van der Waals surface area (Å²) in [7, 11) is -4.08. The molecule has 0 spiro atoms. The number of nitrogen functional groups attached to an aromatic ring is 1. The number of halogens is 2. The van der Waals surface area contributed by atoms with Crippen molar-refractivity contribution in [3.8, 4) is 10.4 Å². The van der Waals surface area contributed by atoms with Gasteiger partial charge in [0.05, 0.1) is 17.6 Å². The number of carbonyl (C=O) groups excluding carboxylic acids is 1. The molecule has 6 rings (SSSR count). The summed E-state index contributed by atoms with van der Waals surface area (Å²) in [6, 6.07) is 17.5. The number of rotatable bonds is 11. The second kappa shape index (κ2) is 13.5. The molecule has 2 aromatic carbocycles. The van der Waals surface area contributed by atoms with Crippen molar-refractivity contribution in [2.75, 3.05) is 11.1 Å². The fraction of sp³-hybridized carbons (Fsp3) is 0.0938. The van der Waals surface area contributed by atoms with Crippen molar-refractivity contribution in [3.05, 3.63) is 125 Å². The normalized spacial score (nSPS) is 11.4. The zero-order valence-corrected chi connectivity index (χ0v) is 26.1. The van der Waals surface area contributed by atoms with Crippen molar-refractivity contribution in [2.45, 2.75) is 24.5 Å². The van der Waals surface area contributed by atoms with Crippen molar-refractivity contribution in [1.29, 1.82) is 0 Å². The first-order chi connectivity index (χ1) is 22.7. The fourth-order valence-corrected chi connectivity index (χ4v) is 6.56. The molecule has 15 heteroatoms. The zero-order chi connectivity index (χ0) is 33.0. The summed E-state index contributed by atoms with van der Waals surface area (Å²) in [4.78, 5) is 31.6. The highest BCUT2D eigenvalue weighted by Gasteiger charge is 2.21. The molecule has 0 aliphatic heterocycles. The van der Waals surface area contributed by atoms with Crippen LogP contribution in [0.5, 0.6) is 0 Å². The van der Waals surface area contributed by atoms with Gasteiger partial charge in [-0.15, -0.1) is 11.3 Å². The van der Waals surface area contributed by atoms with Crippen molar-refractivity contribution in [2.24, 2.45) is 0 Å². The Morgan fingerprint density at radius 1 is 0.872 bits per heavy atom. The van der Waals surface area contributed by atoms with Gasteiger partial charge in [-0.2, -0.15) is 0 Å². The van der Waals surface area contributed by atoms with Gasteiger partial charge in [0.25, 0.3) is 5.91 Å². The van der Waals surface area contributed by atoms with Crippen LogP contribution in [-0.2, 0) is 29.7 Å². The van der Waals surface area contributed by atoms with Crippen molar-refractivity contribution in [1.82, 2.24) is 30.0 Å². The predicted octanol–water partition coefficient (Wildman–Crippen LogP) is 5.03. The molecule has 4 aromatic heterocycles. The van der Waals surface area contributed by atoms with Crippen LogP contribution in [0.3, 0.4) is 0 Å². The quantitative estimate of drug-likeness (QED) is 0.148. The van der Waals surface area contributed by atoms with E-state index in [1.807, 2.05) is 30.3 Å². The van der Waals surface area contributed by atoms with E-state index in [0.717, 1.165) is 44.6 Å². The highest BCUT2D eigenvalue weighted by atomic mass is 32.2. The molecule has 0 saturated heterocycles. The van der Waals surface area contributed by atoms with E-state index in [1.54, 1.807) is 18.3 Å². The second-order valence-electron chi connectivity index (χ2n) is 10.3. The first-order valence-corrected chi connectivity index (χ1v) is 16.4. The maximum absolute atomic E-state index is 13.7. The van der Waals surface area contributed by atoms with Crippen LogP contribution in [0.25, 0.3) is 21.3 Å². The third-order valence-electron chi connectivity index (χ3n) is 7.09. The summed E-state index contributed by atoms with van der Waals surface area (Å²) in [5, 5.41) is 6.50. The van der Waals surface area contributed by atoms with Crippen LogP contribution in [0.2, 0.25) is 0 Å². The van der Waals surface area contributed by atoms with Gasteiger partial charge in [-0.05, 0) is 65.2 Å². The van der Waals surface area contributed by atoms with Gasteiger partial charge in [0.15, 0.2) is 11.6 Å². The Balaban J connectivity index is 1.23. The molecule has 1 amide bonds. The lowest BCUT2D eigenvalue weighted by molar-refractivity contribution is 0.0951. The largest absolute Gasteiger partial charge is 0.383 e. The minimum atomic E-state index is -4.08. The highest BCUT2D eigenvalue weighted by Crippen LogP contribution is 2.32. The van der Waals surface area contributed by atoms with Crippen LogP contribution in [0, 0.1) is 11.6 Å². The van der Waals surface area contributed by atoms with E-state index in [4.69, 9.17) is 5.73 Å². The Hall–Kier alpha value is -5.38. The van der Waals surface area contributed by atoms with Gasteiger partial charge in [0, 0.05) is 46.8 Å². The molecule has 0 aliphatic rings. The molecule has 0 aliphatic carbocycles. The number of nitrogens with zero attached hydrogens (tertiary/aromatic N) is 4. The average Bonchev–Trinajstić information content (AvgIpc) is 3.56. The van der Waals surface area contributed by atoms with E-state index in [1.165, 1.54) is 36.0 Å². The summed E-state index contributed by atoms with van der Waals surface area (Å²) in [5.74, 6) is -2.22. The van der Waals surface area contributed by atoms with E-state index < -0.39 is 27.6 Å². The topological polar surface area (TPSA) is 165 Å². The number of sulfonamides is 1. The standard InChI is InChI=1S/C32H26F2N8O3S2/c33-26-6-3-19(10-27(26)34)14-39-32(43)25-12-23(47(44,45)42-15-20-2-1-9-36-13-20)17-38-31(25)37-16-22-5-8-29(46-22)21-4-7-28-24(11-21)30(35)41-18-40-28/h1-13,17-18,42H,14-16H2,(H,37,38)(H,39,43)(H2,35,40,41). The highest BCUT2D eigenvalue weighted by molar-refractivity contribution is 7.89. The zero-order valence-electron chi connectivity index (χ0n) is 24.4. The third kappa shape index (κ3) is 7.38. The molecule has 5 N–H and O–H groups in total. The number of hydrogen-bond acceptors (Lipinski definition) is 10. The van der Waals surface area contributed by atoms with Crippen molar-refractivity contribution >= 4 is 49.8 Å². The van der Waals surface area contributed by atoms with Crippen LogP contribution in [-0.4, -0.2) is 34.3 Å². The number of benzene rings is 2. The predicted molar refractivity (Wildman–Crippen MR) is 175 cm³/mol. The van der Waals surface area contributed by atoms with Crippen LogP contribution < -0.4 is 21.1 Å². The van der Waals surface area contributed by atoms with Gasteiger partial charge in [-0.1, -0.05) is 18.2 Å². The number of amides is 1. The molecule has 11 nitrogen and oxygen atoms in total. The van der Waals surface area contributed by atoms with Crippen LogP contribution in [0.15, 0.2) is 96.5 Å². The third-order valence-corrected chi connectivity index (χ3v) is 9.59. The van der Waals surface area contributed by atoms with Crippen molar-refractivity contribution in [3.63, 3.8) is 0 Å². The van der Waals surface area contributed by atoms with Gasteiger partial charge in [-0.25, -0.2) is 36.9 Å². The van der Waals surface area contributed by atoms with Crippen LogP contribution >= 0.6 is 11.3 Å². The van der Waals surface area contributed by atoms with Crippen LogP contribution in [0.4, 0.5) is 20.4 Å². The van der Waals surface area contributed by atoms with Gasteiger partial charge in [0.2, 0.25) is 10.0 Å². The molecule has 238 valence electrons. The lowest BCUT2D eigenvalue weighted by Crippen LogP contribution is -2.27. The lowest BCUT2D eigenvalue weighted by Gasteiger charge is -2.14. The minimum Gasteiger partial charge on any atom is -0.383 e. The number of nitrogens with two attached hydrogens (primary N) is 1. The van der Waals surface area contributed by atoms with E-state index in [2.05, 4.69) is 35.3 Å². The SMILES string of the molecule is Nc1ncnc2ccc(-c3ccc(CNc4ncc(S(=O)(=O)NCc5cccnc5)cc4C(=O)NCc4ccc(F)c(F)c4)s3)cc12. The smallest absolute Gasteiger partial charge is 0.255 e. The van der Waals surface area contributed by atoms with E-state index in [0.29, 0.717) is 16.9 Å². The monoisotopic (exact) mass is 672 g/mol. The Bertz CT molecular complexity index is 2200. The minimum absolute atomic E-state index is 0.0224. The Morgan fingerprint density at radius 2 is 1.74 bits per heavy atom. The Labute approximate surface area is 272 Å². The maximum Gasteiger partial charge on any atom is 0.255 e. The summed E-state index contributed by atoms with van der Waals surface area (Å²) in [6.07, 6.45) is 5.68. The first-order valence-electron chi connectivity index (χ1n) is 14.1. The van der Waals surface area contributed by atoms with Gasteiger partial charge >= 0.3 is 0 Å². The number of aromatic nitrogens is 4. The van der Waals surface area contributed by atoms with E-state index in [9.17, 15) is 22.0 Å². The summed E-state index contributed by atoms with van der Waals surface area (Å²) in [5.41, 5.74) is 8.60. The molecule has 0 fully saturated rings. The van der Waals surface area contributed by atoms with Gasteiger partial charge in [0.1, 0.15) is 22.9 Å². The number of pyridine rings is 2. The van der Waals surface area contributed by atoms with Gasteiger partial charge < -0.3 is 16.4 Å². The number of carbonyl (C=O) groups is 1. The average molecular weight is 673 g/mol. The number of nitrogens with one attached hydrogen (secondary N) is 3. The van der Waals surface area contributed by atoms with E-state index >= 15 is 0 Å². The number of thiophene rings is 1. The van der Waals surface area contributed by atoms with Gasteiger partial charge in [-0.3, -0.25) is 9.78 Å². The second-order valence-corrected chi connectivity index (χ2v) is 13.2. The molecule has 0 saturated carbocycles. The molecular weight excluding hydrogens is 647 g/mol. The molecular formula is C32H26F2N8O3S2. The molecule has 0 atom stereocenters. The lowest BCUT2D eigenvalue weighted by atomic mass is 10.1. The van der Waals surface area contributed by atoms with E-state index in [-0.39, 0.29) is 35.9 Å². The number of anilines is 2. The number of hydrogen-bond donors (Lipinski definition) is 4. The fourth-order valence-electron chi connectivity index (χ4n) is 4.63. The van der Waals surface area contributed by atoms with Crippen molar-refractivity contribution < 1.29 is 22.0 Å². The Kier molecular flexibility index (Phi) is 9.10. The molecule has 0 bridgehead atoms. The maximum atomic E-state index is 13.7. The Morgan fingerprint density at radius 3 is 2.55 bits per heavy atom. The molecule has 47 heavy (non-hydrogen) atoms. The molecule has 4 heterocycles. The summed E-state index contributed by atoms with van der Waals surface area (Å²) in [6.45, 7) is 0.109.